The average molecular weight is 325 g/mol. The van der Waals surface area contributed by atoms with E-state index in [0.29, 0.717) is 11.5 Å². The Morgan fingerprint density at radius 2 is 2.00 bits per heavy atom. The number of carbonyl (C=O) groups excluding carboxylic acids is 2. The zero-order valence-electron chi connectivity index (χ0n) is 13.6. The van der Waals surface area contributed by atoms with E-state index in [4.69, 9.17) is 4.42 Å². The van der Waals surface area contributed by atoms with Crippen molar-refractivity contribution < 1.29 is 14.0 Å². The number of hydrogen-bond donors (Lipinski definition) is 2. The van der Waals surface area contributed by atoms with E-state index in [0.717, 1.165) is 24.1 Å². The van der Waals surface area contributed by atoms with Crippen molar-refractivity contribution in [1.82, 2.24) is 5.43 Å². The van der Waals surface area contributed by atoms with Crippen LogP contribution in [0.3, 0.4) is 0 Å². The molecule has 2 N–H and O–H groups in total. The molecule has 1 saturated carbocycles. The van der Waals surface area contributed by atoms with Crippen LogP contribution in [0.15, 0.2) is 45.9 Å². The highest BCUT2D eigenvalue weighted by Gasteiger charge is 2.29. The lowest BCUT2D eigenvalue weighted by molar-refractivity contribution is -0.117. The van der Waals surface area contributed by atoms with Crippen LogP contribution in [-0.2, 0) is 4.79 Å². The van der Waals surface area contributed by atoms with Crippen molar-refractivity contribution in [3.63, 3.8) is 0 Å². The molecule has 0 atom stereocenters. The summed E-state index contributed by atoms with van der Waals surface area (Å²) in [4.78, 5) is 23.7. The number of aryl methyl sites for hydroxylation is 1. The first kappa shape index (κ1) is 16.0. The maximum absolute atomic E-state index is 11.9. The van der Waals surface area contributed by atoms with Crippen LogP contribution in [0.5, 0.6) is 0 Å². The van der Waals surface area contributed by atoms with Gasteiger partial charge in [-0.1, -0.05) is 12.1 Å². The van der Waals surface area contributed by atoms with Gasteiger partial charge in [-0.15, -0.1) is 0 Å². The van der Waals surface area contributed by atoms with Crippen LogP contribution in [0.4, 0.5) is 5.69 Å². The summed E-state index contributed by atoms with van der Waals surface area (Å²) >= 11 is 0. The van der Waals surface area contributed by atoms with Crippen LogP contribution in [-0.4, -0.2) is 17.5 Å². The van der Waals surface area contributed by atoms with Gasteiger partial charge in [0, 0.05) is 11.6 Å². The standard InChI is InChI=1S/C18H19N3O3/c1-11-6-9-16(24-11)18(23)21-20-12(2)14-4-3-5-15(10-14)19-17(22)13-7-8-13/h3-6,9-10,13H,7-8H2,1-2H3,(H,19,22)(H,21,23)/b20-12-. The molecule has 0 bridgehead atoms. The van der Waals surface area contributed by atoms with Gasteiger partial charge in [0.05, 0.1) is 5.71 Å². The minimum absolute atomic E-state index is 0.0585. The first-order valence-electron chi connectivity index (χ1n) is 7.85. The fourth-order valence-electron chi connectivity index (χ4n) is 2.22. The lowest BCUT2D eigenvalue weighted by atomic mass is 10.1. The topological polar surface area (TPSA) is 83.7 Å². The molecule has 0 unspecified atom stereocenters. The van der Waals surface area contributed by atoms with Gasteiger partial charge in [-0.25, -0.2) is 5.43 Å². The molecule has 1 aromatic carbocycles. The van der Waals surface area contributed by atoms with Crippen molar-refractivity contribution in [2.75, 3.05) is 5.32 Å². The first-order valence-corrected chi connectivity index (χ1v) is 7.85. The smallest absolute Gasteiger partial charge is 0.307 e. The van der Waals surface area contributed by atoms with Crippen molar-refractivity contribution in [2.45, 2.75) is 26.7 Å². The summed E-state index contributed by atoms with van der Waals surface area (Å²) in [5.74, 6) is 0.692. The van der Waals surface area contributed by atoms with Crippen molar-refractivity contribution in [3.05, 3.63) is 53.5 Å². The van der Waals surface area contributed by atoms with Gasteiger partial charge in [-0.3, -0.25) is 9.59 Å². The Bertz CT molecular complexity index is 803. The Hall–Kier alpha value is -2.89. The van der Waals surface area contributed by atoms with Crippen molar-refractivity contribution in [1.29, 1.82) is 0 Å². The molecule has 24 heavy (non-hydrogen) atoms. The summed E-state index contributed by atoms with van der Waals surface area (Å²) < 4.78 is 5.25. The largest absolute Gasteiger partial charge is 0.456 e. The summed E-state index contributed by atoms with van der Waals surface area (Å²) in [5.41, 5.74) is 4.65. The predicted molar refractivity (Wildman–Crippen MR) is 90.9 cm³/mol. The third-order valence-electron chi connectivity index (χ3n) is 3.79. The number of amides is 2. The van der Waals surface area contributed by atoms with Gasteiger partial charge in [-0.2, -0.15) is 5.10 Å². The molecule has 1 heterocycles. The second kappa shape index (κ2) is 6.70. The molecule has 2 amide bonds. The monoisotopic (exact) mass is 325 g/mol. The molecule has 0 saturated heterocycles. The number of benzene rings is 1. The summed E-state index contributed by atoms with van der Waals surface area (Å²) in [5, 5.41) is 6.99. The molecule has 0 aliphatic heterocycles. The molecule has 0 spiro atoms. The first-order chi connectivity index (χ1) is 11.5. The summed E-state index contributed by atoms with van der Waals surface area (Å²) in [6.45, 7) is 3.56. The number of hydrogen-bond acceptors (Lipinski definition) is 4. The van der Waals surface area contributed by atoms with Crippen molar-refractivity contribution >= 4 is 23.2 Å². The minimum atomic E-state index is -0.402. The maximum atomic E-state index is 11.9. The molecule has 3 rings (SSSR count). The Balaban J connectivity index is 1.66. The lowest BCUT2D eigenvalue weighted by Gasteiger charge is -2.07. The lowest BCUT2D eigenvalue weighted by Crippen LogP contribution is -2.19. The number of nitrogens with one attached hydrogen (secondary N) is 2. The normalized spacial score (nSPS) is 14.3. The molecular weight excluding hydrogens is 306 g/mol. The molecule has 1 aliphatic carbocycles. The number of anilines is 1. The molecule has 6 heteroatoms. The SMILES string of the molecule is C/C(=N/NC(=O)c1ccc(C)o1)c1cccc(NC(=O)C2CC2)c1. The van der Waals surface area contributed by atoms with Crippen molar-refractivity contribution in [3.8, 4) is 0 Å². The van der Waals surface area contributed by atoms with Crippen LogP contribution >= 0.6 is 0 Å². The molecular formula is C18H19N3O3. The van der Waals surface area contributed by atoms with E-state index in [1.54, 1.807) is 26.0 Å². The van der Waals surface area contributed by atoms with Crippen LogP contribution < -0.4 is 10.7 Å². The molecule has 0 radical (unpaired) electrons. The van der Waals surface area contributed by atoms with Gasteiger partial charge in [-0.05, 0) is 56.5 Å². The van der Waals surface area contributed by atoms with Gasteiger partial charge in [0.2, 0.25) is 5.91 Å². The zero-order chi connectivity index (χ0) is 17.1. The fourth-order valence-corrected chi connectivity index (χ4v) is 2.22. The number of rotatable bonds is 5. The Labute approximate surface area is 139 Å². The minimum Gasteiger partial charge on any atom is -0.456 e. The van der Waals surface area contributed by atoms with Gasteiger partial charge in [0.25, 0.3) is 0 Å². The van der Waals surface area contributed by atoms with E-state index >= 15 is 0 Å². The molecule has 6 nitrogen and oxygen atoms in total. The Morgan fingerprint density at radius 3 is 2.67 bits per heavy atom. The van der Waals surface area contributed by atoms with Crippen LogP contribution in [0, 0.1) is 12.8 Å². The van der Waals surface area contributed by atoms with Crippen LogP contribution in [0.1, 0.15) is 41.6 Å². The highest BCUT2D eigenvalue weighted by Crippen LogP contribution is 2.30. The van der Waals surface area contributed by atoms with E-state index < -0.39 is 5.91 Å². The number of nitrogens with zero attached hydrogens (tertiary/aromatic N) is 1. The zero-order valence-corrected chi connectivity index (χ0v) is 13.6. The second-order valence-electron chi connectivity index (χ2n) is 5.89. The highest BCUT2D eigenvalue weighted by molar-refractivity contribution is 6.02. The van der Waals surface area contributed by atoms with Gasteiger partial charge in [0.15, 0.2) is 5.76 Å². The number of hydrazone groups is 1. The molecule has 124 valence electrons. The summed E-state index contributed by atoms with van der Waals surface area (Å²) in [6, 6.07) is 10.7. The van der Waals surface area contributed by atoms with Crippen LogP contribution in [0.25, 0.3) is 0 Å². The number of furan rings is 1. The Kier molecular flexibility index (Phi) is 4.46. The van der Waals surface area contributed by atoms with E-state index in [1.165, 1.54) is 0 Å². The van der Waals surface area contributed by atoms with Crippen molar-refractivity contribution in [2.24, 2.45) is 11.0 Å². The summed E-state index contributed by atoms with van der Waals surface area (Å²) in [6.07, 6.45) is 1.93. The quantitative estimate of drug-likeness (QED) is 0.654. The van der Waals surface area contributed by atoms with Crippen LogP contribution in [0.2, 0.25) is 0 Å². The van der Waals surface area contributed by atoms with E-state index in [1.807, 2.05) is 24.3 Å². The molecule has 1 aliphatic rings. The van der Waals surface area contributed by atoms with E-state index in [9.17, 15) is 9.59 Å². The molecule has 2 aromatic rings. The highest BCUT2D eigenvalue weighted by atomic mass is 16.3. The number of carbonyl (C=O) groups is 2. The Morgan fingerprint density at radius 1 is 1.21 bits per heavy atom. The summed E-state index contributed by atoms with van der Waals surface area (Å²) in [7, 11) is 0. The molecule has 1 aromatic heterocycles. The third kappa shape index (κ3) is 3.90. The third-order valence-corrected chi connectivity index (χ3v) is 3.79. The fraction of sp³-hybridized carbons (Fsp3) is 0.278. The van der Waals surface area contributed by atoms with E-state index in [-0.39, 0.29) is 17.6 Å². The second-order valence-corrected chi connectivity index (χ2v) is 5.89. The van der Waals surface area contributed by atoms with E-state index in [2.05, 4.69) is 15.8 Å². The maximum Gasteiger partial charge on any atom is 0.307 e. The predicted octanol–water partition coefficient (Wildman–Crippen LogP) is 3.09. The van der Waals surface area contributed by atoms with Gasteiger partial charge < -0.3 is 9.73 Å². The van der Waals surface area contributed by atoms with Gasteiger partial charge >= 0.3 is 5.91 Å². The van der Waals surface area contributed by atoms with Gasteiger partial charge in [0.1, 0.15) is 5.76 Å². The molecule has 1 fully saturated rings. The average Bonchev–Trinajstić information content (AvgIpc) is 3.34.